The van der Waals surface area contributed by atoms with Gasteiger partial charge in [0.05, 0.1) is 11.1 Å². The lowest BCUT2D eigenvalue weighted by molar-refractivity contribution is -0.143. The summed E-state index contributed by atoms with van der Waals surface area (Å²) in [6, 6.07) is 2.30. The molecule has 134 valence electrons. The van der Waals surface area contributed by atoms with E-state index in [2.05, 4.69) is 4.65 Å². The van der Waals surface area contributed by atoms with Crippen LogP contribution in [-0.4, -0.2) is 12.1 Å². The van der Waals surface area contributed by atoms with Gasteiger partial charge >= 0.3 is 19.5 Å². The second kappa shape index (κ2) is 6.55. The predicted molar refractivity (Wildman–Crippen MR) is 71.0 cm³/mol. The largest absolute Gasteiger partial charge is 0.563 e. The van der Waals surface area contributed by atoms with Crippen molar-refractivity contribution in [3.63, 3.8) is 0 Å². The first kappa shape index (κ1) is 19.0. The van der Waals surface area contributed by atoms with Crippen LogP contribution in [0, 0.1) is 11.6 Å². The summed E-state index contributed by atoms with van der Waals surface area (Å²) in [4.78, 5) is 0. The first-order valence-corrected chi connectivity index (χ1v) is 6.47. The fourth-order valence-corrected chi connectivity index (χ4v) is 1.92. The fraction of sp³-hybridized carbons (Fsp3) is 0.143. The Balaban J connectivity index is 2.41. The standard InChI is InChI=1S/C14H7BF8O2/c16-8-2-3-10(11(17)6-8)15(24)25-12-4-1-7(13(18,19)20)5-9(12)14(21,22)23/h1-6,24H. The zero-order valence-corrected chi connectivity index (χ0v) is 11.9. The van der Waals surface area contributed by atoms with Crippen molar-refractivity contribution in [1.29, 1.82) is 0 Å². The van der Waals surface area contributed by atoms with Crippen LogP contribution in [-0.2, 0) is 12.4 Å². The van der Waals surface area contributed by atoms with E-state index in [1.165, 1.54) is 0 Å². The van der Waals surface area contributed by atoms with Crippen LogP contribution in [0.4, 0.5) is 35.1 Å². The minimum atomic E-state index is -5.22. The molecule has 2 aromatic rings. The van der Waals surface area contributed by atoms with E-state index in [4.69, 9.17) is 0 Å². The lowest BCUT2D eigenvalue weighted by atomic mass is 9.79. The van der Waals surface area contributed by atoms with Gasteiger partial charge in [0.25, 0.3) is 0 Å². The van der Waals surface area contributed by atoms with Gasteiger partial charge in [-0.25, -0.2) is 8.78 Å². The molecule has 1 N–H and O–H groups in total. The van der Waals surface area contributed by atoms with Gasteiger partial charge in [0.2, 0.25) is 0 Å². The van der Waals surface area contributed by atoms with Gasteiger partial charge in [-0.15, -0.1) is 0 Å². The zero-order valence-electron chi connectivity index (χ0n) is 11.9. The molecule has 0 saturated carbocycles. The molecule has 2 rings (SSSR count). The summed E-state index contributed by atoms with van der Waals surface area (Å²) in [6.45, 7) is 0. The third-order valence-corrected chi connectivity index (χ3v) is 3.08. The molecule has 25 heavy (non-hydrogen) atoms. The molecule has 0 aliphatic heterocycles. The van der Waals surface area contributed by atoms with Crippen LogP contribution in [0.5, 0.6) is 5.75 Å². The van der Waals surface area contributed by atoms with E-state index < -0.39 is 53.4 Å². The SMILES string of the molecule is OB(Oc1ccc(C(F)(F)F)cc1C(F)(F)F)c1ccc(F)cc1F. The second-order valence-electron chi connectivity index (χ2n) is 4.84. The lowest BCUT2D eigenvalue weighted by Crippen LogP contribution is -2.39. The van der Waals surface area contributed by atoms with E-state index in [0.29, 0.717) is 18.2 Å². The van der Waals surface area contributed by atoms with Crippen LogP contribution in [0.25, 0.3) is 0 Å². The molecule has 0 saturated heterocycles. The molecule has 0 bridgehead atoms. The van der Waals surface area contributed by atoms with E-state index >= 15 is 0 Å². The van der Waals surface area contributed by atoms with Crippen molar-refractivity contribution >= 4 is 12.6 Å². The number of alkyl halides is 6. The van der Waals surface area contributed by atoms with Crippen molar-refractivity contribution in [2.75, 3.05) is 0 Å². The molecule has 0 heterocycles. The smallest absolute Gasteiger partial charge is 0.532 e. The Labute approximate surface area is 135 Å². The zero-order chi connectivity index (χ0) is 19.0. The maximum absolute atomic E-state index is 13.5. The first-order chi connectivity index (χ1) is 11.4. The van der Waals surface area contributed by atoms with Crippen LogP contribution in [0.15, 0.2) is 36.4 Å². The van der Waals surface area contributed by atoms with Gasteiger partial charge in [0.1, 0.15) is 17.4 Å². The topological polar surface area (TPSA) is 29.5 Å². The number of hydrogen-bond donors (Lipinski definition) is 1. The van der Waals surface area contributed by atoms with Gasteiger partial charge in [-0.2, -0.15) is 26.3 Å². The monoisotopic (exact) mass is 370 g/mol. The highest BCUT2D eigenvalue weighted by atomic mass is 19.4. The summed E-state index contributed by atoms with van der Waals surface area (Å²) in [5.74, 6) is -3.44. The summed E-state index contributed by atoms with van der Waals surface area (Å²) in [7, 11) is -2.29. The molecule has 0 atom stereocenters. The Morgan fingerprint density at radius 1 is 0.840 bits per heavy atom. The van der Waals surface area contributed by atoms with Crippen molar-refractivity contribution in [2.24, 2.45) is 0 Å². The summed E-state index contributed by atoms with van der Waals surface area (Å²) in [5.41, 5.74) is -4.06. The molecular weight excluding hydrogens is 363 g/mol. The van der Waals surface area contributed by atoms with Gasteiger partial charge in [0, 0.05) is 11.5 Å². The van der Waals surface area contributed by atoms with Crippen LogP contribution in [0.2, 0.25) is 0 Å². The summed E-state index contributed by atoms with van der Waals surface area (Å²) < 4.78 is 107. The molecule has 0 aliphatic carbocycles. The summed E-state index contributed by atoms with van der Waals surface area (Å²) >= 11 is 0. The first-order valence-electron chi connectivity index (χ1n) is 6.47. The molecule has 0 radical (unpaired) electrons. The third kappa shape index (κ3) is 4.41. The molecule has 2 aromatic carbocycles. The van der Waals surface area contributed by atoms with Gasteiger partial charge in [-0.05, 0) is 24.3 Å². The van der Waals surface area contributed by atoms with Crippen molar-refractivity contribution in [1.82, 2.24) is 0 Å². The maximum atomic E-state index is 13.5. The van der Waals surface area contributed by atoms with Crippen LogP contribution < -0.4 is 10.1 Å². The van der Waals surface area contributed by atoms with Gasteiger partial charge in [-0.1, -0.05) is 6.07 Å². The Hall–Kier alpha value is -2.30. The average molecular weight is 370 g/mol. The Bertz CT molecular complexity index is 772. The Morgan fingerprint density at radius 2 is 1.48 bits per heavy atom. The molecule has 0 amide bonds. The van der Waals surface area contributed by atoms with E-state index in [-0.39, 0.29) is 6.07 Å². The highest BCUT2D eigenvalue weighted by Gasteiger charge is 2.39. The van der Waals surface area contributed by atoms with Gasteiger partial charge in [-0.3, -0.25) is 0 Å². The second-order valence-corrected chi connectivity index (χ2v) is 4.84. The van der Waals surface area contributed by atoms with E-state index in [9.17, 15) is 40.1 Å². The Kier molecular flexibility index (Phi) is 4.98. The van der Waals surface area contributed by atoms with Crippen molar-refractivity contribution < 1.29 is 44.8 Å². The minimum Gasteiger partial charge on any atom is -0.532 e. The highest BCUT2D eigenvalue weighted by Crippen LogP contribution is 2.40. The molecule has 0 fully saturated rings. The molecule has 11 heteroatoms. The molecule has 0 unspecified atom stereocenters. The van der Waals surface area contributed by atoms with Crippen LogP contribution in [0.3, 0.4) is 0 Å². The van der Waals surface area contributed by atoms with Crippen molar-refractivity contribution in [3.8, 4) is 5.75 Å². The van der Waals surface area contributed by atoms with E-state index in [1.807, 2.05) is 0 Å². The maximum Gasteiger partial charge on any atom is 0.563 e. The molecule has 0 spiro atoms. The van der Waals surface area contributed by atoms with Crippen molar-refractivity contribution in [2.45, 2.75) is 12.4 Å². The number of rotatable bonds is 3. The normalized spacial score (nSPS) is 12.2. The van der Waals surface area contributed by atoms with Gasteiger partial charge < -0.3 is 9.68 Å². The summed E-state index contributed by atoms with van der Waals surface area (Å²) in [6.07, 6.45) is -10.3. The molecule has 2 nitrogen and oxygen atoms in total. The minimum absolute atomic E-state index is 0.191. The van der Waals surface area contributed by atoms with Gasteiger partial charge in [0.15, 0.2) is 0 Å². The third-order valence-electron chi connectivity index (χ3n) is 3.08. The quantitative estimate of drug-likeness (QED) is 0.659. The molecular formula is C14H7BF8O2. The molecule has 0 aliphatic rings. The predicted octanol–water partition coefficient (Wildman–Crippen LogP) is 3.77. The number of halogens is 8. The fourth-order valence-electron chi connectivity index (χ4n) is 1.92. The number of benzene rings is 2. The van der Waals surface area contributed by atoms with E-state index in [0.717, 1.165) is 12.1 Å². The highest BCUT2D eigenvalue weighted by molar-refractivity contribution is 6.60. The van der Waals surface area contributed by atoms with Crippen molar-refractivity contribution in [3.05, 3.63) is 59.2 Å². The molecule has 0 aromatic heterocycles. The lowest BCUT2D eigenvalue weighted by Gasteiger charge is -2.18. The van der Waals surface area contributed by atoms with Crippen LogP contribution >= 0.6 is 0 Å². The Morgan fingerprint density at radius 3 is 2.00 bits per heavy atom. The summed E-state index contributed by atoms with van der Waals surface area (Å²) in [5, 5.41) is 9.69. The number of hydrogen-bond acceptors (Lipinski definition) is 2. The average Bonchev–Trinajstić information content (AvgIpc) is 2.45. The van der Waals surface area contributed by atoms with E-state index in [1.54, 1.807) is 0 Å². The van der Waals surface area contributed by atoms with Crippen LogP contribution in [0.1, 0.15) is 11.1 Å².